The fourth-order valence-electron chi connectivity index (χ4n) is 1.84. The second-order valence-electron chi connectivity index (χ2n) is 5.18. The molecular formula is C17H26O2. The van der Waals surface area contributed by atoms with E-state index in [0.29, 0.717) is 6.61 Å². The molecule has 0 atom stereocenters. The average molecular weight is 262 g/mol. The lowest BCUT2D eigenvalue weighted by molar-refractivity contribution is 0.303. The Morgan fingerprint density at radius 2 is 1.74 bits per heavy atom. The van der Waals surface area contributed by atoms with Crippen LogP contribution in [0.2, 0.25) is 0 Å². The Morgan fingerprint density at radius 1 is 1.11 bits per heavy atom. The van der Waals surface area contributed by atoms with Gasteiger partial charge in [0.1, 0.15) is 18.1 Å². The Labute approximate surface area is 117 Å². The zero-order valence-corrected chi connectivity index (χ0v) is 12.9. The summed E-state index contributed by atoms with van der Waals surface area (Å²) in [6.07, 6.45) is 4.33. The maximum atomic E-state index is 5.84. The topological polar surface area (TPSA) is 18.5 Å². The lowest BCUT2D eigenvalue weighted by Gasteiger charge is -2.14. The predicted octanol–water partition coefficient (Wildman–Crippen LogP) is 4.83. The van der Waals surface area contributed by atoms with Crippen molar-refractivity contribution in [3.63, 3.8) is 0 Å². The fraction of sp³-hybridized carbons (Fsp3) is 0.529. The minimum atomic E-state index is 0.622. The van der Waals surface area contributed by atoms with Crippen molar-refractivity contribution in [3.8, 4) is 11.5 Å². The molecule has 0 heterocycles. The molecule has 0 aromatic heterocycles. The Hall–Kier alpha value is -1.44. The molecule has 1 aromatic carbocycles. The zero-order chi connectivity index (χ0) is 14.3. The van der Waals surface area contributed by atoms with Gasteiger partial charge in [-0.05, 0) is 63.5 Å². The molecule has 0 amide bonds. The average Bonchev–Trinajstić information content (AvgIpc) is 2.32. The standard InChI is InChI=1S/C17H26O2/c1-6-7-9-19-17-14(4)11-16(12-15(17)5)18-10-8-13(2)3/h8,11-12H,6-7,9-10H2,1-5H3. The second-order valence-corrected chi connectivity index (χ2v) is 5.18. The van der Waals surface area contributed by atoms with E-state index in [0.717, 1.165) is 42.1 Å². The molecule has 0 saturated carbocycles. The number of rotatable bonds is 7. The van der Waals surface area contributed by atoms with Gasteiger partial charge in [-0.25, -0.2) is 0 Å². The van der Waals surface area contributed by atoms with E-state index < -0.39 is 0 Å². The molecule has 2 heteroatoms. The van der Waals surface area contributed by atoms with Crippen molar-refractivity contribution in [1.82, 2.24) is 0 Å². The fourth-order valence-corrected chi connectivity index (χ4v) is 1.84. The molecule has 0 bridgehead atoms. The van der Waals surface area contributed by atoms with Crippen molar-refractivity contribution in [2.45, 2.75) is 47.5 Å². The van der Waals surface area contributed by atoms with Crippen molar-refractivity contribution in [2.24, 2.45) is 0 Å². The van der Waals surface area contributed by atoms with Gasteiger partial charge in [0.25, 0.3) is 0 Å². The number of ether oxygens (including phenoxy) is 2. The van der Waals surface area contributed by atoms with Gasteiger partial charge in [0.15, 0.2) is 0 Å². The van der Waals surface area contributed by atoms with E-state index >= 15 is 0 Å². The monoisotopic (exact) mass is 262 g/mol. The molecule has 2 nitrogen and oxygen atoms in total. The Bertz CT molecular complexity index is 406. The maximum Gasteiger partial charge on any atom is 0.125 e. The number of benzene rings is 1. The van der Waals surface area contributed by atoms with Crippen molar-refractivity contribution >= 4 is 0 Å². The first-order valence-corrected chi connectivity index (χ1v) is 7.04. The summed E-state index contributed by atoms with van der Waals surface area (Å²) < 4.78 is 11.6. The van der Waals surface area contributed by atoms with Gasteiger partial charge < -0.3 is 9.47 Å². The zero-order valence-electron chi connectivity index (χ0n) is 12.9. The highest BCUT2D eigenvalue weighted by Gasteiger charge is 2.06. The summed E-state index contributed by atoms with van der Waals surface area (Å²) in [6, 6.07) is 4.10. The van der Waals surface area contributed by atoms with Gasteiger partial charge in [0.05, 0.1) is 6.61 Å². The lowest BCUT2D eigenvalue weighted by Crippen LogP contribution is -2.01. The van der Waals surface area contributed by atoms with E-state index in [-0.39, 0.29) is 0 Å². The van der Waals surface area contributed by atoms with Crippen LogP contribution >= 0.6 is 0 Å². The third-order valence-corrected chi connectivity index (χ3v) is 2.92. The molecule has 0 N–H and O–H groups in total. The number of aryl methyl sites for hydroxylation is 2. The van der Waals surface area contributed by atoms with Gasteiger partial charge in [-0.3, -0.25) is 0 Å². The minimum Gasteiger partial charge on any atom is -0.493 e. The molecule has 19 heavy (non-hydrogen) atoms. The molecule has 0 unspecified atom stereocenters. The van der Waals surface area contributed by atoms with Crippen molar-refractivity contribution in [2.75, 3.05) is 13.2 Å². The normalized spacial score (nSPS) is 10.2. The number of allylic oxidation sites excluding steroid dienone is 1. The lowest BCUT2D eigenvalue weighted by atomic mass is 10.1. The van der Waals surface area contributed by atoms with Crippen molar-refractivity contribution < 1.29 is 9.47 Å². The quantitative estimate of drug-likeness (QED) is 0.517. The molecular weight excluding hydrogens is 236 g/mol. The third kappa shape index (κ3) is 5.37. The van der Waals surface area contributed by atoms with Gasteiger partial charge in [0, 0.05) is 0 Å². The van der Waals surface area contributed by atoms with Crippen LogP contribution in [0, 0.1) is 13.8 Å². The molecule has 0 saturated heterocycles. The highest BCUT2D eigenvalue weighted by atomic mass is 16.5. The highest BCUT2D eigenvalue weighted by Crippen LogP contribution is 2.28. The molecule has 0 aliphatic rings. The van der Waals surface area contributed by atoms with Gasteiger partial charge in [-0.2, -0.15) is 0 Å². The Morgan fingerprint density at radius 3 is 2.26 bits per heavy atom. The van der Waals surface area contributed by atoms with Crippen LogP contribution in [0.4, 0.5) is 0 Å². The molecule has 0 spiro atoms. The number of unbranched alkanes of at least 4 members (excludes halogenated alkanes) is 1. The van der Waals surface area contributed by atoms with Crippen LogP contribution in [0.25, 0.3) is 0 Å². The van der Waals surface area contributed by atoms with Gasteiger partial charge in [0.2, 0.25) is 0 Å². The van der Waals surface area contributed by atoms with E-state index in [4.69, 9.17) is 9.47 Å². The van der Waals surface area contributed by atoms with Crippen LogP contribution < -0.4 is 9.47 Å². The summed E-state index contributed by atoms with van der Waals surface area (Å²) in [5.41, 5.74) is 3.56. The number of hydrogen-bond acceptors (Lipinski definition) is 2. The van der Waals surface area contributed by atoms with Crippen molar-refractivity contribution in [1.29, 1.82) is 0 Å². The van der Waals surface area contributed by atoms with Crippen LogP contribution in [0.5, 0.6) is 11.5 Å². The molecule has 106 valence electrons. The molecule has 0 aliphatic carbocycles. The SMILES string of the molecule is CCCCOc1c(C)cc(OCC=C(C)C)cc1C. The minimum absolute atomic E-state index is 0.622. The van der Waals surface area contributed by atoms with Crippen LogP contribution in [-0.4, -0.2) is 13.2 Å². The first kappa shape index (κ1) is 15.6. The van der Waals surface area contributed by atoms with E-state index in [1.165, 1.54) is 5.57 Å². The summed E-state index contributed by atoms with van der Waals surface area (Å²) in [7, 11) is 0. The summed E-state index contributed by atoms with van der Waals surface area (Å²) in [5, 5.41) is 0. The summed E-state index contributed by atoms with van der Waals surface area (Å²) in [6.45, 7) is 11.9. The number of hydrogen-bond donors (Lipinski definition) is 0. The van der Waals surface area contributed by atoms with E-state index in [9.17, 15) is 0 Å². The van der Waals surface area contributed by atoms with E-state index in [1.54, 1.807) is 0 Å². The Balaban J connectivity index is 2.70. The largest absolute Gasteiger partial charge is 0.493 e. The van der Waals surface area contributed by atoms with E-state index in [1.807, 2.05) is 12.1 Å². The first-order valence-electron chi connectivity index (χ1n) is 7.04. The summed E-state index contributed by atoms with van der Waals surface area (Å²) in [5.74, 6) is 1.92. The van der Waals surface area contributed by atoms with Gasteiger partial charge >= 0.3 is 0 Å². The third-order valence-electron chi connectivity index (χ3n) is 2.92. The van der Waals surface area contributed by atoms with Crippen molar-refractivity contribution in [3.05, 3.63) is 34.9 Å². The first-order chi connectivity index (χ1) is 9.04. The van der Waals surface area contributed by atoms with Crippen LogP contribution in [-0.2, 0) is 0 Å². The molecule has 1 aromatic rings. The van der Waals surface area contributed by atoms with Crippen LogP contribution in [0.15, 0.2) is 23.8 Å². The van der Waals surface area contributed by atoms with Crippen LogP contribution in [0.1, 0.15) is 44.7 Å². The molecule has 1 rings (SSSR count). The summed E-state index contributed by atoms with van der Waals surface area (Å²) >= 11 is 0. The molecule has 0 fully saturated rings. The Kier molecular flexibility index (Phi) is 6.48. The van der Waals surface area contributed by atoms with Crippen LogP contribution in [0.3, 0.4) is 0 Å². The highest BCUT2D eigenvalue weighted by molar-refractivity contribution is 5.46. The molecule has 0 radical (unpaired) electrons. The van der Waals surface area contributed by atoms with E-state index in [2.05, 4.69) is 40.7 Å². The van der Waals surface area contributed by atoms with Gasteiger partial charge in [-0.1, -0.05) is 18.9 Å². The molecule has 0 aliphatic heterocycles. The second kappa shape index (κ2) is 7.88. The predicted molar refractivity (Wildman–Crippen MR) is 81.2 cm³/mol. The smallest absolute Gasteiger partial charge is 0.125 e. The maximum absolute atomic E-state index is 5.84. The summed E-state index contributed by atoms with van der Waals surface area (Å²) in [4.78, 5) is 0. The van der Waals surface area contributed by atoms with Gasteiger partial charge in [-0.15, -0.1) is 0 Å².